The van der Waals surface area contributed by atoms with Crippen molar-refractivity contribution >= 4 is 23.7 Å². The van der Waals surface area contributed by atoms with Crippen molar-refractivity contribution in [2.24, 2.45) is 0 Å². The monoisotopic (exact) mass is 372 g/mol. The van der Waals surface area contributed by atoms with Crippen molar-refractivity contribution in [2.75, 3.05) is 26.3 Å². The van der Waals surface area contributed by atoms with E-state index in [4.69, 9.17) is 9.47 Å². The van der Waals surface area contributed by atoms with Gasteiger partial charge in [0.05, 0.1) is 22.8 Å². The zero-order valence-electron chi connectivity index (χ0n) is 14.7. The number of esters is 1. The molecule has 0 bridgehead atoms. The molecule has 8 nitrogen and oxygen atoms in total. The van der Waals surface area contributed by atoms with Crippen molar-refractivity contribution in [3.05, 3.63) is 47.5 Å². The molecule has 8 heteroatoms. The van der Waals surface area contributed by atoms with Crippen molar-refractivity contribution in [3.63, 3.8) is 0 Å². The fourth-order valence-corrected chi connectivity index (χ4v) is 3.01. The first-order chi connectivity index (χ1) is 13.0. The van der Waals surface area contributed by atoms with Gasteiger partial charge in [0.2, 0.25) is 0 Å². The van der Waals surface area contributed by atoms with Gasteiger partial charge in [-0.25, -0.2) is 4.79 Å². The molecule has 1 N–H and O–H groups in total. The largest absolute Gasteiger partial charge is 0.452 e. The molecule has 0 spiro atoms. The molecule has 3 rings (SSSR count). The summed E-state index contributed by atoms with van der Waals surface area (Å²) in [6.07, 6.45) is 3.32. The standard InChI is InChI=1S/C19H20N2O6/c1-2-7-21-17(23)14-6-5-12(9-15(14)18(21)24)19(25)27-11-16(22)20-10-13-4-3-8-26-13/h2,5-6,9,13H,1,3-4,7-8,10-11H2,(H,20,22)/t13-/m0/s1. The van der Waals surface area contributed by atoms with Gasteiger partial charge in [0.1, 0.15) is 0 Å². The molecule has 2 aliphatic rings. The molecule has 0 radical (unpaired) electrons. The Labute approximate surface area is 156 Å². The summed E-state index contributed by atoms with van der Waals surface area (Å²) in [7, 11) is 0. The molecule has 1 atom stereocenters. The summed E-state index contributed by atoms with van der Waals surface area (Å²) in [4.78, 5) is 49.4. The van der Waals surface area contributed by atoms with E-state index < -0.39 is 30.3 Å². The summed E-state index contributed by atoms with van der Waals surface area (Å²) in [6, 6.07) is 4.12. The second-order valence-electron chi connectivity index (χ2n) is 6.29. The Morgan fingerprint density at radius 1 is 1.30 bits per heavy atom. The average molecular weight is 372 g/mol. The maximum absolute atomic E-state index is 12.3. The van der Waals surface area contributed by atoms with Crippen molar-refractivity contribution in [1.82, 2.24) is 10.2 Å². The third-order valence-corrected chi connectivity index (χ3v) is 4.40. The number of fused-ring (bicyclic) bond motifs is 1. The number of amides is 3. The van der Waals surface area contributed by atoms with Crippen LogP contribution in [0.5, 0.6) is 0 Å². The Kier molecular flexibility index (Phi) is 5.66. The molecule has 1 aromatic rings. The summed E-state index contributed by atoms with van der Waals surface area (Å²) >= 11 is 0. The molecule has 0 aromatic heterocycles. The van der Waals surface area contributed by atoms with Crippen LogP contribution in [-0.2, 0) is 14.3 Å². The van der Waals surface area contributed by atoms with Gasteiger partial charge in [0.15, 0.2) is 6.61 Å². The predicted molar refractivity (Wildman–Crippen MR) is 94.3 cm³/mol. The van der Waals surface area contributed by atoms with Crippen molar-refractivity contribution in [3.8, 4) is 0 Å². The van der Waals surface area contributed by atoms with Crippen molar-refractivity contribution in [2.45, 2.75) is 18.9 Å². The molecule has 0 saturated carbocycles. The number of rotatable bonds is 7. The van der Waals surface area contributed by atoms with Crippen LogP contribution in [0.3, 0.4) is 0 Å². The number of benzene rings is 1. The number of hydrogen-bond donors (Lipinski definition) is 1. The molecule has 142 valence electrons. The molecule has 1 aromatic carbocycles. The number of carbonyl (C=O) groups is 4. The highest BCUT2D eigenvalue weighted by atomic mass is 16.5. The van der Waals surface area contributed by atoms with Crippen LogP contribution in [0.15, 0.2) is 30.9 Å². The van der Waals surface area contributed by atoms with Gasteiger partial charge < -0.3 is 14.8 Å². The molecule has 3 amide bonds. The van der Waals surface area contributed by atoms with Crippen LogP contribution >= 0.6 is 0 Å². The molecule has 0 aliphatic carbocycles. The maximum Gasteiger partial charge on any atom is 0.338 e. The van der Waals surface area contributed by atoms with Gasteiger partial charge in [-0.2, -0.15) is 0 Å². The predicted octanol–water partition coefficient (Wildman–Crippen LogP) is 0.921. The Bertz CT molecular complexity index is 797. The number of imide groups is 1. The highest BCUT2D eigenvalue weighted by Gasteiger charge is 2.35. The van der Waals surface area contributed by atoms with E-state index >= 15 is 0 Å². The average Bonchev–Trinajstić information content (AvgIpc) is 3.27. The van der Waals surface area contributed by atoms with E-state index in [2.05, 4.69) is 11.9 Å². The van der Waals surface area contributed by atoms with E-state index in [0.29, 0.717) is 13.2 Å². The number of hydrogen-bond acceptors (Lipinski definition) is 6. The lowest BCUT2D eigenvalue weighted by Crippen LogP contribution is -2.34. The van der Waals surface area contributed by atoms with E-state index in [0.717, 1.165) is 17.7 Å². The lowest BCUT2D eigenvalue weighted by atomic mass is 10.1. The lowest BCUT2D eigenvalue weighted by molar-refractivity contribution is -0.124. The van der Waals surface area contributed by atoms with E-state index in [1.165, 1.54) is 24.3 Å². The second-order valence-corrected chi connectivity index (χ2v) is 6.29. The Balaban J connectivity index is 1.57. The molecule has 1 fully saturated rings. The molecular formula is C19H20N2O6. The van der Waals surface area contributed by atoms with Crippen LogP contribution in [0.1, 0.15) is 43.9 Å². The second kappa shape index (κ2) is 8.13. The van der Waals surface area contributed by atoms with Crippen LogP contribution in [0.2, 0.25) is 0 Å². The summed E-state index contributed by atoms with van der Waals surface area (Å²) in [5, 5.41) is 2.65. The van der Waals surface area contributed by atoms with Crippen LogP contribution in [-0.4, -0.2) is 61.0 Å². The summed E-state index contributed by atoms with van der Waals surface area (Å²) in [5.41, 5.74) is 0.467. The van der Waals surface area contributed by atoms with Crippen LogP contribution in [0.4, 0.5) is 0 Å². The smallest absolute Gasteiger partial charge is 0.338 e. The highest BCUT2D eigenvalue weighted by molar-refractivity contribution is 6.22. The Morgan fingerprint density at radius 3 is 2.78 bits per heavy atom. The Hall–Kier alpha value is -3.00. The third-order valence-electron chi connectivity index (χ3n) is 4.40. The molecular weight excluding hydrogens is 352 g/mol. The topological polar surface area (TPSA) is 102 Å². The summed E-state index contributed by atoms with van der Waals surface area (Å²) in [6.45, 7) is 4.25. The normalized spacial score (nSPS) is 18.4. The van der Waals surface area contributed by atoms with E-state index in [-0.39, 0.29) is 29.3 Å². The number of nitrogens with one attached hydrogen (secondary N) is 1. The van der Waals surface area contributed by atoms with Crippen LogP contribution in [0.25, 0.3) is 0 Å². The minimum Gasteiger partial charge on any atom is -0.452 e. The fraction of sp³-hybridized carbons (Fsp3) is 0.368. The number of carbonyl (C=O) groups excluding carboxylic acids is 4. The van der Waals surface area contributed by atoms with Gasteiger partial charge in [0, 0.05) is 19.7 Å². The minimum atomic E-state index is -0.743. The number of ether oxygens (including phenoxy) is 2. The molecule has 27 heavy (non-hydrogen) atoms. The fourth-order valence-electron chi connectivity index (χ4n) is 3.01. The van der Waals surface area contributed by atoms with Gasteiger partial charge in [-0.15, -0.1) is 6.58 Å². The quantitative estimate of drug-likeness (QED) is 0.434. The van der Waals surface area contributed by atoms with E-state index in [1.807, 2.05) is 0 Å². The molecule has 0 unspecified atom stereocenters. The SMILES string of the molecule is C=CCN1C(=O)c2ccc(C(=O)OCC(=O)NC[C@@H]3CCCO3)cc2C1=O. The Morgan fingerprint density at radius 2 is 2.07 bits per heavy atom. The van der Waals surface area contributed by atoms with Gasteiger partial charge in [-0.05, 0) is 31.0 Å². The summed E-state index contributed by atoms with van der Waals surface area (Å²) in [5.74, 6) is -2.09. The highest BCUT2D eigenvalue weighted by Crippen LogP contribution is 2.24. The first kappa shape index (κ1) is 18.8. The molecule has 2 aliphatic heterocycles. The first-order valence-electron chi connectivity index (χ1n) is 8.68. The number of nitrogens with zero attached hydrogens (tertiary/aromatic N) is 1. The van der Waals surface area contributed by atoms with Crippen molar-refractivity contribution < 1.29 is 28.7 Å². The maximum atomic E-state index is 12.3. The van der Waals surface area contributed by atoms with Crippen LogP contribution in [0, 0.1) is 0 Å². The van der Waals surface area contributed by atoms with Gasteiger partial charge in [0.25, 0.3) is 17.7 Å². The first-order valence-corrected chi connectivity index (χ1v) is 8.68. The van der Waals surface area contributed by atoms with Crippen LogP contribution < -0.4 is 5.32 Å². The zero-order valence-corrected chi connectivity index (χ0v) is 14.7. The minimum absolute atomic E-state index is 0.00317. The van der Waals surface area contributed by atoms with Gasteiger partial charge in [-0.3, -0.25) is 19.3 Å². The molecule has 1 saturated heterocycles. The zero-order chi connectivity index (χ0) is 19.4. The van der Waals surface area contributed by atoms with E-state index in [9.17, 15) is 19.2 Å². The lowest BCUT2D eigenvalue weighted by Gasteiger charge is -2.11. The van der Waals surface area contributed by atoms with Crippen molar-refractivity contribution in [1.29, 1.82) is 0 Å². The molecule has 2 heterocycles. The third kappa shape index (κ3) is 4.06. The summed E-state index contributed by atoms with van der Waals surface area (Å²) < 4.78 is 10.4. The van der Waals surface area contributed by atoms with Gasteiger partial charge in [-0.1, -0.05) is 6.08 Å². The van der Waals surface area contributed by atoms with Gasteiger partial charge >= 0.3 is 5.97 Å². The van der Waals surface area contributed by atoms with E-state index in [1.54, 1.807) is 0 Å².